The Morgan fingerprint density at radius 1 is 1.25 bits per heavy atom. The molecule has 12 heavy (non-hydrogen) atoms. The second-order valence-electron chi connectivity index (χ2n) is 4.05. The SMILES string of the molecule is CC(C)(C)C(=O)CCS(C)(=O)=O. The molecule has 0 unspecified atom stereocenters. The molecule has 0 N–H and O–H groups in total. The van der Waals surface area contributed by atoms with E-state index in [1.807, 2.05) is 0 Å². The molecule has 0 bridgehead atoms. The van der Waals surface area contributed by atoms with Gasteiger partial charge in [0.2, 0.25) is 0 Å². The van der Waals surface area contributed by atoms with Gasteiger partial charge in [-0.2, -0.15) is 0 Å². The molecular weight excluding hydrogens is 176 g/mol. The van der Waals surface area contributed by atoms with Gasteiger partial charge in [0.1, 0.15) is 15.6 Å². The van der Waals surface area contributed by atoms with Gasteiger partial charge < -0.3 is 0 Å². The molecule has 0 spiro atoms. The summed E-state index contributed by atoms with van der Waals surface area (Å²) >= 11 is 0. The van der Waals surface area contributed by atoms with Crippen molar-refractivity contribution < 1.29 is 13.2 Å². The highest BCUT2D eigenvalue weighted by Gasteiger charge is 2.21. The molecule has 4 heteroatoms. The van der Waals surface area contributed by atoms with Crippen LogP contribution in [0.2, 0.25) is 0 Å². The summed E-state index contributed by atoms with van der Waals surface area (Å²) < 4.78 is 21.4. The normalized spacial score (nSPS) is 13.0. The van der Waals surface area contributed by atoms with Crippen molar-refractivity contribution in [3.8, 4) is 0 Å². The van der Waals surface area contributed by atoms with Gasteiger partial charge in [0.25, 0.3) is 0 Å². The number of ketones is 1. The van der Waals surface area contributed by atoms with Crippen molar-refractivity contribution in [2.45, 2.75) is 27.2 Å². The van der Waals surface area contributed by atoms with E-state index in [1.165, 1.54) is 0 Å². The Morgan fingerprint density at radius 2 is 1.67 bits per heavy atom. The van der Waals surface area contributed by atoms with Crippen LogP contribution in [0.25, 0.3) is 0 Å². The van der Waals surface area contributed by atoms with Gasteiger partial charge in [0.05, 0.1) is 5.75 Å². The first-order chi connectivity index (χ1) is 5.13. The fourth-order valence-electron chi connectivity index (χ4n) is 0.653. The largest absolute Gasteiger partial charge is 0.299 e. The standard InChI is InChI=1S/C8H16O3S/c1-8(2,3)7(9)5-6-12(4,10)11/h5-6H2,1-4H3. The quantitative estimate of drug-likeness (QED) is 0.671. The topological polar surface area (TPSA) is 51.2 Å². The van der Waals surface area contributed by atoms with Crippen LogP contribution in [0.1, 0.15) is 27.2 Å². The van der Waals surface area contributed by atoms with E-state index in [0.29, 0.717) is 0 Å². The van der Waals surface area contributed by atoms with Gasteiger partial charge in [0.15, 0.2) is 0 Å². The van der Waals surface area contributed by atoms with E-state index < -0.39 is 15.3 Å². The van der Waals surface area contributed by atoms with Gasteiger partial charge in [-0.3, -0.25) is 4.79 Å². The Labute approximate surface area is 74.1 Å². The molecule has 0 amide bonds. The highest BCUT2D eigenvalue weighted by Crippen LogP contribution is 2.16. The van der Waals surface area contributed by atoms with E-state index in [-0.39, 0.29) is 18.0 Å². The van der Waals surface area contributed by atoms with E-state index >= 15 is 0 Å². The van der Waals surface area contributed by atoms with Gasteiger partial charge >= 0.3 is 0 Å². The summed E-state index contributed by atoms with van der Waals surface area (Å²) in [5, 5.41) is 0. The summed E-state index contributed by atoms with van der Waals surface area (Å²) in [6.07, 6.45) is 1.27. The summed E-state index contributed by atoms with van der Waals surface area (Å²) in [7, 11) is -3.00. The minimum atomic E-state index is -3.00. The van der Waals surface area contributed by atoms with Crippen LogP contribution in [0.4, 0.5) is 0 Å². The van der Waals surface area contributed by atoms with E-state index in [2.05, 4.69) is 0 Å². The predicted octanol–water partition coefficient (Wildman–Crippen LogP) is 1.04. The molecule has 0 aliphatic carbocycles. The van der Waals surface area contributed by atoms with Crippen LogP contribution in [0, 0.1) is 5.41 Å². The van der Waals surface area contributed by atoms with Crippen LogP contribution in [0.5, 0.6) is 0 Å². The molecular formula is C8H16O3S. The molecule has 0 atom stereocenters. The molecule has 0 radical (unpaired) electrons. The third kappa shape index (κ3) is 5.29. The Bertz CT molecular complexity index is 257. The van der Waals surface area contributed by atoms with Crippen LogP contribution < -0.4 is 0 Å². The molecule has 0 saturated heterocycles. The maximum absolute atomic E-state index is 11.2. The third-order valence-corrected chi connectivity index (χ3v) is 2.48. The minimum absolute atomic E-state index is 0.00655. The van der Waals surface area contributed by atoms with Crippen molar-refractivity contribution in [2.75, 3.05) is 12.0 Å². The van der Waals surface area contributed by atoms with Crippen molar-refractivity contribution >= 4 is 15.6 Å². The van der Waals surface area contributed by atoms with Crippen LogP contribution in [-0.4, -0.2) is 26.2 Å². The highest BCUT2D eigenvalue weighted by molar-refractivity contribution is 7.90. The van der Waals surface area contributed by atoms with E-state index in [4.69, 9.17) is 0 Å². The highest BCUT2D eigenvalue weighted by atomic mass is 32.2. The van der Waals surface area contributed by atoms with Gasteiger partial charge in [-0.1, -0.05) is 20.8 Å². The molecule has 0 heterocycles. The van der Waals surface area contributed by atoms with Crippen molar-refractivity contribution in [1.82, 2.24) is 0 Å². The number of rotatable bonds is 3. The number of carbonyl (C=O) groups excluding carboxylic acids is 1. The van der Waals surface area contributed by atoms with Crippen molar-refractivity contribution in [1.29, 1.82) is 0 Å². The first kappa shape index (κ1) is 11.6. The molecule has 0 saturated carbocycles. The molecule has 0 rings (SSSR count). The Balaban J connectivity index is 4.07. The van der Waals surface area contributed by atoms with Crippen molar-refractivity contribution in [2.24, 2.45) is 5.41 Å². The average Bonchev–Trinajstić information content (AvgIpc) is 1.78. The zero-order valence-corrected chi connectivity index (χ0v) is 8.86. The number of Topliss-reactive ketones (excluding diaryl/α,β-unsaturated/α-hetero) is 1. The van der Waals surface area contributed by atoms with Gasteiger partial charge in [-0.25, -0.2) is 8.42 Å². The number of hydrogen-bond acceptors (Lipinski definition) is 3. The fourth-order valence-corrected chi connectivity index (χ4v) is 1.21. The number of sulfone groups is 1. The van der Waals surface area contributed by atoms with Crippen LogP contribution in [0.15, 0.2) is 0 Å². The molecule has 0 aliphatic rings. The van der Waals surface area contributed by atoms with Gasteiger partial charge in [0, 0.05) is 18.1 Å². The maximum atomic E-state index is 11.2. The summed E-state index contributed by atoms with van der Waals surface area (Å²) in [6, 6.07) is 0. The minimum Gasteiger partial charge on any atom is -0.299 e. The first-order valence-corrected chi connectivity index (χ1v) is 5.90. The van der Waals surface area contributed by atoms with Gasteiger partial charge in [-0.15, -0.1) is 0 Å². The summed E-state index contributed by atoms with van der Waals surface area (Å²) in [5.74, 6) is -0.0451. The second-order valence-corrected chi connectivity index (χ2v) is 6.31. The van der Waals surface area contributed by atoms with Crippen LogP contribution in [-0.2, 0) is 14.6 Å². The second kappa shape index (κ2) is 3.56. The lowest BCUT2D eigenvalue weighted by Gasteiger charge is -2.15. The number of carbonyl (C=O) groups is 1. The number of hydrogen-bond donors (Lipinski definition) is 0. The molecule has 72 valence electrons. The first-order valence-electron chi connectivity index (χ1n) is 3.84. The maximum Gasteiger partial charge on any atom is 0.147 e. The summed E-state index contributed by atoms with van der Waals surface area (Å²) in [5.41, 5.74) is -0.426. The lowest BCUT2D eigenvalue weighted by molar-refractivity contribution is -0.125. The van der Waals surface area contributed by atoms with E-state index in [1.54, 1.807) is 20.8 Å². The zero-order chi connectivity index (χ0) is 9.99. The molecule has 0 aromatic carbocycles. The Morgan fingerprint density at radius 3 is 1.92 bits per heavy atom. The van der Waals surface area contributed by atoms with Crippen molar-refractivity contribution in [3.05, 3.63) is 0 Å². The lowest BCUT2D eigenvalue weighted by Crippen LogP contribution is -2.22. The van der Waals surface area contributed by atoms with E-state index in [0.717, 1.165) is 6.26 Å². The third-order valence-electron chi connectivity index (χ3n) is 1.54. The molecule has 0 aliphatic heterocycles. The van der Waals surface area contributed by atoms with Crippen LogP contribution in [0.3, 0.4) is 0 Å². The van der Waals surface area contributed by atoms with Crippen LogP contribution >= 0.6 is 0 Å². The summed E-state index contributed by atoms with van der Waals surface area (Å²) in [4.78, 5) is 11.2. The zero-order valence-electron chi connectivity index (χ0n) is 8.05. The Kier molecular flexibility index (Phi) is 3.45. The predicted molar refractivity (Wildman–Crippen MR) is 48.8 cm³/mol. The molecule has 3 nitrogen and oxygen atoms in total. The lowest BCUT2D eigenvalue weighted by atomic mass is 9.89. The molecule has 0 aromatic heterocycles. The van der Waals surface area contributed by atoms with E-state index in [9.17, 15) is 13.2 Å². The smallest absolute Gasteiger partial charge is 0.147 e. The van der Waals surface area contributed by atoms with Gasteiger partial charge in [-0.05, 0) is 0 Å². The fraction of sp³-hybridized carbons (Fsp3) is 0.875. The van der Waals surface area contributed by atoms with Crippen molar-refractivity contribution in [3.63, 3.8) is 0 Å². The summed E-state index contributed by atoms with van der Waals surface area (Å²) in [6.45, 7) is 5.37. The molecule has 0 aromatic rings. The molecule has 0 fully saturated rings. The Hall–Kier alpha value is -0.380. The monoisotopic (exact) mass is 192 g/mol. The average molecular weight is 192 g/mol.